The van der Waals surface area contributed by atoms with Gasteiger partial charge in [0, 0.05) is 30.7 Å². The van der Waals surface area contributed by atoms with Gasteiger partial charge in [0.1, 0.15) is 5.75 Å². The number of amides is 2. The van der Waals surface area contributed by atoms with Gasteiger partial charge in [-0.1, -0.05) is 35.5 Å². The van der Waals surface area contributed by atoms with Crippen LogP contribution in [0.2, 0.25) is 5.02 Å². The fourth-order valence-corrected chi connectivity index (χ4v) is 5.44. The zero-order chi connectivity index (χ0) is 27.4. The van der Waals surface area contributed by atoms with Gasteiger partial charge in [0.05, 0.1) is 17.7 Å². The Morgan fingerprint density at radius 2 is 1.90 bits per heavy atom. The Morgan fingerprint density at radius 1 is 1.08 bits per heavy atom. The van der Waals surface area contributed by atoms with Crippen molar-refractivity contribution in [2.45, 2.75) is 25.0 Å². The van der Waals surface area contributed by atoms with Crippen molar-refractivity contribution >= 4 is 35.2 Å². The van der Waals surface area contributed by atoms with Crippen LogP contribution in [0.15, 0.2) is 76.5 Å². The van der Waals surface area contributed by atoms with Gasteiger partial charge in [0.2, 0.25) is 11.7 Å². The average Bonchev–Trinajstić information content (AvgIpc) is 3.61. The first-order valence-electron chi connectivity index (χ1n) is 12.5. The normalized spacial score (nSPS) is 15.4. The van der Waals surface area contributed by atoms with Crippen LogP contribution in [-0.4, -0.2) is 74.4 Å². The maximum atomic E-state index is 13.2. The number of rotatable bonds is 8. The number of piperazine rings is 1. The molecule has 39 heavy (non-hydrogen) atoms. The molecule has 0 N–H and O–H groups in total. The zero-order valence-corrected chi connectivity index (χ0v) is 23.2. The number of ether oxygens (including phenoxy) is 1. The minimum Gasteiger partial charge on any atom is -0.484 e. The lowest BCUT2D eigenvalue weighted by Gasteiger charge is -2.39. The fourth-order valence-electron chi connectivity index (χ4n) is 4.46. The van der Waals surface area contributed by atoms with Crippen LogP contribution in [-0.2, 0) is 9.59 Å². The number of aromatic nitrogens is 3. The van der Waals surface area contributed by atoms with E-state index < -0.39 is 0 Å². The van der Waals surface area contributed by atoms with E-state index in [1.165, 1.54) is 11.8 Å². The molecule has 9 nitrogen and oxygen atoms in total. The zero-order valence-electron chi connectivity index (χ0n) is 21.6. The monoisotopic (exact) mass is 565 g/mol. The molecule has 1 fully saturated rings. The van der Waals surface area contributed by atoms with Crippen molar-refractivity contribution in [1.82, 2.24) is 24.6 Å². The van der Waals surface area contributed by atoms with E-state index in [1.807, 2.05) is 48.7 Å². The molecule has 202 valence electrons. The summed E-state index contributed by atoms with van der Waals surface area (Å²) in [5.41, 5.74) is 1.99. The van der Waals surface area contributed by atoms with Crippen molar-refractivity contribution in [3.63, 3.8) is 0 Å². The first kappa shape index (κ1) is 26.8. The third kappa shape index (κ3) is 6.29. The molecule has 4 aromatic rings. The van der Waals surface area contributed by atoms with Gasteiger partial charge in [-0.2, -0.15) is 0 Å². The molecule has 0 radical (unpaired) electrons. The van der Waals surface area contributed by atoms with E-state index in [0.29, 0.717) is 47.1 Å². The van der Waals surface area contributed by atoms with E-state index in [9.17, 15) is 9.59 Å². The number of benzene rings is 2. The van der Waals surface area contributed by atoms with Crippen LogP contribution >= 0.6 is 23.4 Å². The lowest BCUT2D eigenvalue weighted by Crippen LogP contribution is -2.56. The third-order valence-corrected chi connectivity index (χ3v) is 7.60. The van der Waals surface area contributed by atoms with Crippen LogP contribution in [0.3, 0.4) is 0 Å². The molecule has 0 saturated carbocycles. The average molecular weight is 566 g/mol. The lowest BCUT2D eigenvalue weighted by molar-refractivity contribution is -0.142. The minimum atomic E-state index is -0.129. The number of halogens is 1. The van der Waals surface area contributed by atoms with Crippen molar-refractivity contribution < 1.29 is 18.7 Å². The van der Waals surface area contributed by atoms with Crippen molar-refractivity contribution in [2.24, 2.45) is 0 Å². The molecular formula is C28H28ClN5O4S. The molecule has 2 aromatic heterocycles. The van der Waals surface area contributed by atoms with Gasteiger partial charge in [0.25, 0.3) is 5.91 Å². The Hall–Kier alpha value is -3.76. The number of thioether (sulfide) groups is 1. The lowest BCUT2D eigenvalue weighted by atomic mass is 10.2. The maximum absolute atomic E-state index is 13.2. The van der Waals surface area contributed by atoms with Gasteiger partial charge in [-0.25, -0.2) is 0 Å². The van der Waals surface area contributed by atoms with Crippen LogP contribution in [0.25, 0.3) is 17.3 Å². The maximum Gasteiger partial charge on any atom is 0.260 e. The van der Waals surface area contributed by atoms with E-state index in [4.69, 9.17) is 20.8 Å². The summed E-state index contributed by atoms with van der Waals surface area (Å²) in [7, 11) is 0. The second kappa shape index (κ2) is 12.0. The molecule has 2 amide bonds. The summed E-state index contributed by atoms with van der Waals surface area (Å²) in [5, 5.41) is 9.92. The predicted octanol–water partition coefficient (Wildman–Crippen LogP) is 4.72. The number of hydrogen-bond acceptors (Lipinski definition) is 7. The van der Waals surface area contributed by atoms with Crippen LogP contribution in [0.4, 0.5) is 0 Å². The second-order valence-corrected chi connectivity index (χ2v) is 10.6. The Balaban J connectivity index is 1.20. The molecule has 1 unspecified atom stereocenters. The quantitative estimate of drug-likeness (QED) is 0.285. The van der Waals surface area contributed by atoms with Gasteiger partial charge in [-0.3, -0.25) is 14.2 Å². The Morgan fingerprint density at radius 3 is 2.62 bits per heavy atom. The second-order valence-electron chi connectivity index (χ2n) is 9.27. The van der Waals surface area contributed by atoms with Crippen LogP contribution in [0.5, 0.6) is 5.75 Å². The van der Waals surface area contributed by atoms with Gasteiger partial charge < -0.3 is 19.0 Å². The molecule has 5 rings (SSSR count). The van der Waals surface area contributed by atoms with Crippen molar-refractivity contribution in [3.05, 3.63) is 77.5 Å². The highest BCUT2D eigenvalue weighted by Gasteiger charge is 2.30. The Bertz CT molecular complexity index is 1440. The number of furan rings is 1. The summed E-state index contributed by atoms with van der Waals surface area (Å²) in [6.45, 7) is 5.25. The molecule has 0 bridgehead atoms. The van der Waals surface area contributed by atoms with Gasteiger partial charge in [-0.05, 0) is 67.9 Å². The summed E-state index contributed by atoms with van der Waals surface area (Å²) < 4.78 is 13.1. The van der Waals surface area contributed by atoms with E-state index in [2.05, 4.69) is 10.2 Å². The molecule has 0 aliphatic carbocycles. The number of aryl methyl sites for hydroxylation is 1. The molecule has 1 atom stereocenters. The molecule has 1 saturated heterocycles. The van der Waals surface area contributed by atoms with E-state index in [-0.39, 0.29) is 30.2 Å². The SMILES string of the molecule is Cc1cccc(-n2c(SCC(=O)N3CCN(C(=O)COc4ccc(Cl)cc4)C(C)C3)nnc2-c2ccco2)c1. The summed E-state index contributed by atoms with van der Waals surface area (Å²) >= 11 is 7.23. The smallest absolute Gasteiger partial charge is 0.260 e. The highest BCUT2D eigenvalue weighted by Crippen LogP contribution is 2.29. The first-order valence-corrected chi connectivity index (χ1v) is 13.9. The molecule has 3 heterocycles. The van der Waals surface area contributed by atoms with E-state index >= 15 is 0 Å². The molecule has 11 heteroatoms. The molecule has 0 spiro atoms. The Kier molecular flexibility index (Phi) is 8.23. The summed E-state index contributed by atoms with van der Waals surface area (Å²) in [4.78, 5) is 29.5. The highest BCUT2D eigenvalue weighted by molar-refractivity contribution is 7.99. The fraction of sp³-hybridized carbons (Fsp3) is 0.286. The highest BCUT2D eigenvalue weighted by atomic mass is 35.5. The predicted molar refractivity (Wildman–Crippen MR) is 149 cm³/mol. The first-order chi connectivity index (χ1) is 18.9. The van der Waals surface area contributed by atoms with E-state index in [1.54, 1.807) is 46.4 Å². The van der Waals surface area contributed by atoms with Crippen LogP contribution < -0.4 is 4.74 Å². The summed E-state index contributed by atoms with van der Waals surface area (Å²) in [6, 6.07) is 18.4. The van der Waals surface area contributed by atoms with Crippen molar-refractivity contribution in [2.75, 3.05) is 32.0 Å². The molecular weight excluding hydrogens is 538 g/mol. The molecule has 1 aliphatic heterocycles. The Labute approximate surface area is 235 Å². The number of nitrogens with zero attached hydrogens (tertiary/aromatic N) is 5. The largest absolute Gasteiger partial charge is 0.484 e. The minimum absolute atomic E-state index is 0.0188. The van der Waals surface area contributed by atoms with Crippen molar-refractivity contribution in [1.29, 1.82) is 0 Å². The standard InChI is InChI=1S/C28H28ClN5O4S/c1-19-5-3-6-22(15-19)34-27(24-7-4-14-37-24)30-31-28(34)39-18-26(36)32-12-13-33(20(2)16-32)25(35)17-38-23-10-8-21(29)9-11-23/h3-11,14-15,20H,12-13,16-18H2,1-2H3. The molecule has 2 aromatic carbocycles. The van der Waals surface area contributed by atoms with E-state index in [0.717, 1.165) is 11.3 Å². The van der Waals surface area contributed by atoms with Gasteiger partial charge in [0.15, 0.2) is 17.5 Å². The van der Waals surface area contributed by atoms with Crippen LogP contribution in [0, 0.1) is 6.92 Å². The topological polar surface area (TPSA) is 93.7 Å². The number of carbonyl (C=O) groups is 2. The van der Waals surface area contributed by atoms with Gasteiger partial charge in [-0.15, -0.1) is 10.2 Å². The summed E-state index contributed by atoms with van der Waals surface area (Å²) in [5.74, 6) is 1.81. The number of hydrogen-bond donors (Lipinski definition) is 0. The molecule has 1 aliphatic rings. The van der Waals surface area contributed by atoms with Crippen molar-refractivity contribution in [3.8, 4) is 23.0 Å². The summed E-state index contributed by atoms with van der Waals surface area (Å²) in [6.07, 6.45) is 1.59. The number of carbonyl (C=O) groups excluding carboxylic acids is 2. The van der Waals surface area contributed by atoms with Gasteiger partial charge >= 0.3 is 0 Å². The van der Waals surface area contributed by atoms with Crippen LogP contribution in [0.1, 0.15) is 12.5 Å². The third-order valence-electron chi connectivity index (χ3n) is 6.44.